The highest BCUT2D eigenvalue weighted by atomic mass is 32.2. The Morgan fingerprint density at radius 3 is 2.43 bits per heavy atom. The van der Waals surface area contributed by atoms with Crippen LogP contribution < -0.4 is 0 Å². The van der Waals surface area contributed by atoms with Crippen molar-refractivity contribution < 1.29 is 22.8 Å². The molecule has 1 rings (SSSR count). The van der Waals surface area contributed by atoms with Crippen molar-refractivity contribution in [2.75, 3.05) is 6.54 Å². The summed E-state index contributed by atoms with van der Waals surface area (Å²) in [7, 11) is -1.84. The highest BCUT2D eigenvalue weighted by Crippen LogP contribution is 2.24. The van der Waals surface area contributed by atoms with Crippen molar-refractivity contribution in [1.29, 1.82) is 0 Å². The molecule has 0 radical (unpaired) electrons. The molecule has 0 amide bonds. The SMILES string of the molecule is C=[S-](=O)ON1CC=CCC(C(C)=O)C1C(=O)OC(C)(C)C. The Morgan fingerprint density at radius 1 is 1.33 bits per heavy atom. The number of carbonyl (C=O) groups excluding carboxylic acids is 2. The first-order chi connectivity index (χ1) is 9.61. The Morgan fingerprint density at radius 2 is 1.95 bits per heavy atom. The zero-order valence-electron chi connectivity index (χ0n) is 12.8. The molecule has 6 nitrogen and oxygen atoms in total. The highest BCUT2D eigenvalue weighted by molar-refractivity contribution is 7.77. The Labute approximate surface area is 127 Å². The Balaban J connectivity index is 3.10. The second-order valence-corrected chi connectivity index (χ2v) is 6.64. The molecular weight excluding hydrogens is 294 g/mol. The van der Waals surface area contributed by atoms with Crippen molar-refractivity contribution in [3.8, 4) is 0 Å². The number of nitrogens with zero attached hydrogens (tertiary/aromatic N) is 1. The average Bonchev–Trinajstić information content (AvgIpc) is 2.48. The van der Waals surface area contributed by atoms with Crippen molar-refractivity contribution in [3.05, 3.63) is 12.2 Å². The van der Waals surface area contributed by atoms with Crippen molar-refractivity contribution >= 4 is 28.3 Å². The molecule has 1 aliphatic heterocycles. The van der Waals surface area contributed by atoms with Gasteiger partial charge in [-0.25, -0.2) is 0 Å². The summed E-state index contributed by atoms with van der Waals surface area (Å²) in [6, 6.07) is -0.942. The molecule has 0 fully saturated rings. The minimum Gasteiger partial charge on any atom is -0.459 e. The number of hydrogen-bond donors (Lipinski definition) is 0. The van der Waals surface area contributed by atoms with Crippen LogP contribution >= 0.6 is 0 Å². The maximum Gasteiger partial charge on any atom is 0.326 e. The van der Waals surface area contributed by atoms with Gasteiger partial charge >= 0.3 is 5.97 Å². The van der Waals surface area contributed by atoms with Crippen LogP contribution in [-0.4, -0.2) is 40.9 Å². The van der Waals surface area contributed by atoms with E-state index in [0.717, 1.165) is 0 Å². The second kappa shape index (κ2) is 7.20. The van der Waals surface area contributed by atoms with Gasteiger partial charge in [-0.1, -0.05) is 12.2 Å². The van der Waals surface area contributed by atoms with E-state index in [1.54, 1.807) is 32.9 Å². The fraction of sp³-hybridized carbons (Fsp3) is 0.643. The number of ether oxygens (including phenoxy) is 1. The third kappa shape index (κ3) is 5.61. The Kier molecular flexibility index (Phi) is 6.12. The van der Waals surface area contributed by atoms with Gasteiger partial charge < -0.3 is 13.2 Å². The smallest absolute Gasteiger partial charge is 0.326 e. The maximum absolute atomic E-state index is 12.4. The topological polar surface area (TPSA) is 72.9 Å². The predicted octanol–water partition coefficient (Wildman–Crippen LogP) is 1.41. The number of hydrogen-bond acceptors (Lipinski definition) is 7. The van der Waals surface area contributed by atoms with Gasteiger partial charge in [0, 0.05) is 12.5 Å². The lowest BCUT2D eigenvalue weighted by Crippen LogP contribution is -2.49. The zero-order chi connectivity index (χ0) is 16.2. The van der Waals surface area contributed by atoms with Crippen molar-refractivity contribution in [2.24, 2.45) is 5.92 Å². The summed E-state index contributed by atoms with van der Waals surface area (Å²) in [5.74, 6) is 1.92. The molecular formula is C14H22NO5S-. The standard InChI is InChI=1S/C14H22NO5S/c1-10(16)11-8-6-7-9-15(20-21(5)18)12(11)13(17)19-14(2,3)4/h6-7,11-12H,5,8-9H2,1-4H3/q-1. The third-order valence-electron chi connectivity index (χ3n) is 2.88. The van der Waals surface area contributed by atoms with Gasteiger partial charge in [0.2, 0.25) is 0 Å². The number of hydroxylamine groups is 2. The van der Waals surface area contributed by atoms with Crippen LogP contribution in [0.15, 0.2) is 12.2 Å². The van der Waals surface area contributed by atoms with Gasteiger partial charge in [0.25, 0.3) is 0 Å². The van der Waals surface area contributed by atoms with Crippen LogP contribution in [0.1, 0.15) is 34.1 Å². The number of esters is 1. The predicted molar refractivity (Wildman–Crippen MR) is 80.5 cm³/mol. The fourth-order valence-corrected chi connectivity index (χ4v) is 2.45. The molecule has 0 spiro atoms. The number of carbonyl (C=O) groups is 2. The summed E-state index contributed by atoms with van der Waals surface area (Å²) in [6.45, 7) is 6.88. The van der Waals surface area contributed by atoms with Gasteiger partial charge in [-0.2, -0.15) is 10.9 Å². The Bertz CT molecular complexity index is 496. The molecule has 2 unspecified atom stereocenters. The van der Waals surface area contributed by atoms with Gasteiger partial charge in [0.05, 0.1) is 0 Å². The van der Waals surface area contributed by atoms with E-state index in [-0.39, 0.29) is 12.3 Å². The summed E-state index contributed by atoms with van der Waals surface area (Å²) in [5, 5.41) is 1.22. The number of ketones is 1. The summed E-state index contributed by atoms with van der Waals surface area (Å²) in [4.78, 5) is 24.3. The molecule has 7 heteroatoms. The molecule has 1 heterocycles. The first-order valence-corrected chi connectivity index (χ1v) is 7.91. The van der Waals surface area contributed by atoms with Crippen LogP contribution in [0.25, 0.3) is 0 Å². The lowest BCUT2D eigenvalue weighted by atomic mass is 9.92. The molecule has 0 saturated carbocycles. The van der Waals surface area contributed by atoms with Crippen LogP contribution in [0.3, 0.4) is 0 Å². The van der Waals surface area contributed by atoms with E-state index in [4.69, 9.17) is 9.02 Å². The molecule has 0 aromatic rings. The Hall–Kier alpha value is -1.18. The highest BCUT2D eigenvalue weighted by Gasteiger charge is 2.39. The summed E-state index contributed by atoms with van der Waals surface area (Å²) in [6.07, 6.45) is 3.97. The quantitative estimate of drug-likeness (QED) is 0.338. The van der Waals surface area contributed by atoms with Crippen LogP contribution in [-0.2, 0) is 33.5 Å². The molecule has 0 bridgehead atoms. The molecule has 0 aromatic carbocycles. The molecule has 1 aliphatic rings. The lowest BCUT2D eigenvalue weighted by Gasteiger charge is -2.34. The average molecular weight is 316 g/mol. The van der Waals surface area contributed by atoms with E-state index in [2.05, 4.69) is 5.87 Å². The second-order valence-electron chi connectivity index (χ2n) is 5.88. The van der Waals surface area contributed by atoms with Crippen molar-refractivity contribution in [3.63, 3.8) is 0 Å². The van der Waals surface area contributed by atoms with Gasteiger partial charge in [-0.05, 0) is 34.1 Å². The van der Waals surface area contributed by atoms with Crippen LogP contribution in [0.4, 0.5) is 0 Å². The molecule has 0 aliphatic carbocycles. The van der Waals surface area contributed by atoms with E-state index in [0.29, 0.717) is 6.42 Å². The van der Waals surface area contributed by atoms with Gasteiger partial charge in [-0.3, -0.25) is 9.59 Å². The zero-order valence-corrected chi connectivity index (χ0v) is 13.6. The van der Waals surface area contributed by atoms with Crippen molar-refractivity contribution in [2.45, 2.75) is 45.8 Å². The van der Waals surface area contributed by atoms with E-state index in [1.165, 1.54) is 12.0 Å². The molecule has 21 heavy (non-hydrogen) atoms. The van der Waals surface area contributed by atoms with E-state index in [9.17, 15) is 13.8 Å². The molecule has 2 atom stereocenters. The molecule has 0 saturated heterocycles. The minimum absolute atomic E-state index is 0.152. The van der Waals surface area contributed by atoms with E-state index < -0.39 is 34.2 Å². The largest absolute Gasteiger partial charge is 0.459 e. The minimum atomic E-state index is -1.84. The normalized spacial score (nSPS) is 23.9. The lowest BCUT2D eigenvalue weighted by molar-refractivity contribution is -0.179. The van der Waals surface area contributed by atoms with Crippen LogP contribution in [0.5, 0.6) is 0 Å². The summed E-state index contributed by atoms with van der Waals surface area (Å²) in [5.41, 5.74) is -0.687. The third-order valence-corrected chi connectivity index (χ3v) is 3.24. The van der Waals surface area contributed by atoms with Gasteiger partial charge in [0.1, 0.15) is 17.4 Å². The number of Topliss-reactive ketones (excluding diaryl/α,β-unsaturated/α-hetero) is 1. The van der Waals surface area contributed by atoms with E-state index >= 15 is 0 Å². The van der Waals surface area contributed by atoms with Crippen molar-refractivity contribution in [1.82, 2.24) is 5.06 Å². The van der Waals surface area contributed by atoms with E-state index in [1.807, 2.05) is 0 Å². The van der Waals surface area contributed by atoms with Gasteiger partial charge in [-0.15, -0.1) is 10.7 Å². The van der Waals surface area contributed by atoms with Gasteiger partial charge in [0.15, 0.2) is 0 Å². The summed E-state index contributed by atoms with van der Waals surface area (Å²) >= 11 is 0. The molecule has 0 aromatic heterocycles. The fourth-order valence-electron chi connectivity index (χ4n) is 2.08. The monoisotopic (exact) mass is 316 g/mol. The van der Waals surface area contributed by atoms with Crippen LogP contribution in [0.2, 0.25) is 0 Å². The first kappa shape index (κ1) is 17.9. The summed E-state index contributed by atoms with van der Waals surface area (Å²) < 4.78 is 21.7. The first-order valence-electron chi connectivity index (χ1n) is 6.66. The molecule has 120 valence electrons. The molecule has 0 N–H and O–H groups in total. The number of allylic oxidation sites excluding steroid dienone is 1. The van der Waals surface area contributed by atoms with Crippen LogP contribution in [0, 0.1) is 5.92 Å². The number of rotatable bonds is 4. The maximum atomic E-state index is 12.4.